The molecule has 0 heterocycles. The zero-order valence-corrected chi connectivity index (χ0v) is 9.00. The summed E-state index contributed by atoms with van der Waals surface area (Å²) < 4.78 is 0. The molecule has 0 saturated carbocycles. The third-order valence-corrected chi connectivity index (χ3v) is 0.992. The molecule has 0 spiro atoms. The van der Waals surface area contributed by atoms with Crippen molar-refractivity contribution >= 4 is 11.5 Å². The normalized spacial score (nSPS) is 10.6. The van der Waals surface area contributed by atoms with Gasteiger partial charge in [0.2, 0.25) is 0 Å². The highest BCUT2D eigenvalue weighted by Gasteiger charge is 1.96. The Morgan fingerprint density at radius 3 is 2.15 bits per heavy atom. The molecule has 0 rings (SSSR count). The molecule has 0 unspecified atom stereocenters. The van der Waals surface area contributed by atoms with Gasteiger partial charge in [0.05, 0.1) is 5.71 Å². The van der Waals surface area contributed by atoms with E-state index < -0.39 is 0 Å². The van der Waals surface area contributed by atoms with E-state index in [1.165, 1.54) is 13.3 Å². The molecule has 0 fully saturated rings. The Morgan fingerprint density at radius 1 is 1.46 bits per heavy atom. The number of Topliss-reactive ketones (excluding diaryl/α,β-unsaturated/α-hetero) is 1. The van der Waals surface area contributed by atoms with Crippen LogP contribution < -0.4 is 0 Å². The molecule has 0 saturated heterocycles. The Balaban J connectivity index is 0. The van der Waals surface area contributed by atoms with Crippen molar-refractivity contribution in [2.45, 2.75) is 27.2 Å². The lowest BCUT2D eigenvalue weighted by molar-refractivity contribution is -0.111. The van der Waals surface area contributed by atoms with E-state index >= 15 is 0 Å². The lowest BCUT2D eigenvalue weighted by Gasteiger charge is -1.88. The smallest absolute Gasteiger partial charge is 0.177 e. The maximum Gasteiger partial charge on any atom is 0.177 e. The van der Waals surface area contributed by atoms with E-state index in [0.717, 1.165) is 0 Å². The minimum Gasteiger partial charge on any atom is -0.293 e. The summed E-state index contributed by atoms with van der Waals surface area (Å²) in [5.74, 6) is -0.0272. The monoisotopic (exact) mass is 181 g/mol. The first kappa shape index (κ1) is 14.3. The number of carbonyl (C=O) groups is 1. The molecule has 2 heteroatoms. The number of carbonyl (C=O) groups excluding carboxylic acids is 1. The average Bonchev–Trinajstić information content (AvgIpc) is 2.06. The van der Waals surface area contributed by atoms with Crippen molar-refractivity contribution in [3.63, 3.8) is 0 Å². The summed E-state index contributed by atoms with van der Waals surface area (Å²) in [6.45, 7) is 9.21. The summed E-state index contributed by atoms with van der Waals surface area (Å²) in [6.07, 6.45) is 6.17. The highest BCUT2D eigenvalue weighted by Crippen LogP contribution is 1.83. The molecule has 13 heavy (non-hydrogen) atoms. The van der Waals surface area contributed by atoms with Gasteiger partial charge >= 0.3 is 0 Å². The van der Waals surface area contributed by atoms with E-state index in [0.29, 0.717) is 5.71 Å². The Kier molecular flexibility index (Phi) is 11.9. The molecule has 0 aromatic rings. The van der Waals surface area contributed by atoms with Crippen LogP contribution in [0.15, 0.2) is 29.8 Å². The van der Waals surface area contributed by atoms with E-state index in [2.05, 4.69) is 25.4 Å². The standard InChI is InChI=1S/C8H11NO.C3H8/c1-4-5-6-8(9-3)7(2)10;1-3-2/h4-6H,1H2,2-3H3;3H2,1-2H3/b6-5-,9-8?;. The van der Waals surface area contributed by atoms with Crippen LogP contribution in [0.3, 0.4) is 0 Å². The van der Waals surface area contributed by atoms with Crippen LogP contribution in [-0.4, -0.2) is 18.5 Å². The van der Waals surface area contributed by atoms with Crippen molar-refractivity contribution < 1.29 is 4.79 Å². The summed E-state index contributed by atoms with van der Waals surface area (Å²) in [7, 11) is 1.59. The first-order valence-corrected chi connectivity index (χ1v) is 4.40. The van der Waals surface area contributed by atoms with Gasteiger partial charge in [-0.05, 0) is 6.08 Å². The van der Waals surface area contributed by atoms with Crippen LogP contribution in [0.25, 0.3) is 0 Å². The fraction of sp³-hybridized carbons (Fsp3) is 0.455. The van der Waals surface area contributed by atoms with Gasteiger partial charge in [-0.2, -0.15) is 0 Å². The summed E-state index contributed by atoms with van der Waals surface area (Å²) in [5.41, 5.74) is 0.472. The minimum atomic E-state index is -0.0272. The van der Waals surface area contributed by atoms with Gasteiger partial charge in [-0.1, -0.05) is 39.0 Å². The quantitative estimate of drug-likeness (QED) is 0.486. The molecule has 0 amide bonds. The van der Waals surface area contributed by atoms with Gasteiger partial charge in [-0.15, -0.1) is 0 Å². The number of ketones is 1. The molecular formula is C11H19NO. The van der Waals surface area contributed by atoms with Gasteiger partial charge in [0.25, 0.3) is 0 Å². The first-order valence-electron chi connectivity index (χ1n) is 4.40. The minimum absolute atomic E-state index is 0.0272. The fourth-order valence-electron chi connectivity index (χ4n) is 0.509. The maximum atomic E-state index is 10.7. The van der Waals surface area contributed by atoms with Crippen LogP contribution in [0.2, 0.25) is 0 Å². The van der Waals surface area contributed by atoms with Gasteiger partial charge < -0.3 is 0 Å². The molecule has 0 bridgehead atoms. The molecule has 0 aromatic carbocycles. The summed E-state index contributed by atoms with van der Waals surface area (Å²) in [6, 6.07) is 0. The Labute approximate surface area is 81.1 Å². The largest absolute Gasteiger partial charge is 0.293 e. The third-order valence-electron chi connectivity index (χ3n) is 0.992. The number of allylic oxidation sites excluding steroid dienone is 3. The Morgan fingerprint density at radius 2 is 1.92 bits per heavy atom. The second-order valence-corrected chi connectivity index (χ2v) is 2.47. The summed E-state index contributed by atoms with van der Waals surface area (Å²) in [4.78, 5) is 14.4. The van der Waals surface area contributed by atoms with Crippen molar-refractivity contribution in [2.75, 3.05) is 7.05 Å². The zero-order chi connectivity index (χ0) is 10.7. The predicted molar refractivity (Wildman–Crippen MR) is 59.3 cm³/mol. The molecule has 0 aliphatic carbocycles. The van der Waals surface area contributed by atoms with E-state index in [1.54, 1.807) is 25.3 Å². The SMILES string of the molecule is C=C/C=C\C(=NC)C(C)=O.CCC. The fourth-order valence-corrected chi connectivity index (χ4v) is 0.509. The van der Waals surface area contributed by atoms with Gasteiger partial charge in [-0.25, -0.2) is 0 Å². The molecule has 0 aliphatic rings. The zero-order valence-electron chi connectivity index (χ0n) is 9.00. The molecule has 2 nitrogen and oxygen atoms in total. The Bertz CT molecular complexity index is 202. The lowest BCUT2D eigenvalue weighted by Crippen LogP contribution is -2.05. The van der Waals surface area contributed by atoms with E-state index in [-0.39, 0.29) is 5.78 Å². The first-order chi connectivity index (χ1) is 6.13. The third kappa shape index (κ3) is 10.8. The Hall–Kier alpha value is -1.18. The van der Waals surface area contributed by atoms with Crippen molar-refractivity contribution in [3.8, 4) is 0 Å². The van der Waals surface area contributed by atoms with Crippen molar-refractivity contribution in [3.05, 3.63) is 24.8 Å². The van der Waals surface area contributed by atoms with Crippen molar-refractivity contribution in [2.24, 2.45) is 4.99 Å². The van der Waals surface area contributed by atoms with Crippen LogP contribution in [-0.2, 0) is 4.79 Å². The second kappa shape index (κ2) is 10.8. The molecule has 0 radical (unpaired) electrons. The van der Waals surface area contributed by atoms with E-state index in [4.69, 9.17) is 0 Å². The van der Waals surface area contributed by atoms with Gasteiger partial charge in [0.1, 0.15) is 0 Å². The lowest BCUT2D eigenvalue weighted by atomic mass is 10.2. The molecule has 0 aromatic heterocycles. The maximum absolute atomic E-state index is 10.7. The number of nitrogens with zero attached hydrogens (tertiary/aromatic N) is 1. The van der Waals surface area contributed by atoms with E-state index in [9.17, 15) is 4.79 Å². The molecule has 0 aliphatic heterocycles. The topological polar surface area (TPSA) is 29.4 Å². The number of hydrogen-bond donors (Lipinski definition) is 0. The summed E-state index contributed by atoms with van der Waals surface area (Å²) >= 11 is 0. The van der Waals surface area contributed by atoms with E-state index in [1.807, 2.05) is 0 Å². The number of rotatable bonds is 3. The molecule has 0 N–H and O–H groups in total. The summed E-state index contributed by atoms with van der Waals surface area (Å²) in [5, 5.41) is 0. The average molecular weight is 181 g/mol. The van der Waals surface area contributed by atoms with Gasteiger partial charge in [0, 0.05) is 14.0 Å². The van der Waals surface area contributed by atoms with Gasteiger partial charge in [0.15, 0.2) is 5.78 Å². The molecule has 0 atom stereocenters. The number of aliphatic imine (C=N–C) groups is 1. The van der Waals surface area contributed by atoms with Crippen molar-refractivity contribution in [1.29, 1.82) is 0 Å². The van der Waals surface area contributed by atoms with Crippen LogP contribution in [0.5, 0.6) is 0 Å². The molecular weight excluding hydrogens is 162 g/mol. The highest BCUT2D eigenvalue weighted by atomic mass is 16.1. The van der Waals surface area contributed by atoms with Crippen molar-refractivity contribution in [1.82, 2.24) is 0 Å². The van der Waals surface area contributed by atoms with Crippen LogP contribution >= 0.6 is 0 Å². The van der Waals surface area contributed by atoms with Gasteiger partial charge in [-0.3, -0.25) is 9.79 Å². The highest BCUT2D eigenvalue weighted by molar-refractivity contribution is 6.43. The number of hydrogen-bond acceptors (Lipinski definition) is 2. The molecule has 74 valence electrons. The second-order valence-electron chi connectivity index (χ2n) is 2.47. The van der Waals surface area contributed by atoms with Crippen LogP contribution in [0, 0.1) is 0 Å². The van der Waals surface area contributed by atoms with Crippen LogP contribution in [0.4, 0.5) is 0 Å². The van der Waals surface area contributed by atoms with Crippen LogP contribution in [0.1, 0.15) is 27.2 Å². The predicted octanol–water partition coefficient (Wildman–Crippen LogP) is 2.80.